The van der Waals surface area contributed by atoms with Gasteiger partial charge in [0.15, 0.2) is 5.58 Å². The Morgan fingerprint density at radius 1 is 1.24 bits per heavy atom. The molecule has 2 heterocycles. The van der Waals surface area contributed by atoms with E-state index in [4.69, 9.17) is 16.0 Å². The Labute approximate surface area is 152 Å². The highest BCUT2D eigenvalue weighted by Gasteiger charge is 2.29. The fraction of sp³-hybridized carbons (Fsp3) is 0.200. The molecule has 2 aromatic heterocycles. The molecule has 0 N–H and O–H groups in total. The lowest BCUT2D eigenvalue weighted by atomic mass is 10.3. The molecule has 0 saturated carbocycles. The fourth-order valence-electron chi connectivity index (χ4n) is 2.12. The number of hydrogen-bond donors (Lipinski definition) is 0. The van der Waals surface area contributed by atoms with Crippen LogP contribution in [-0.4, -0.2) is 25.4 Å². The number of pyridine rings is 1. The summed E-state index contributed by atoms with van der Waals surface area (Å²) in [6.45, 7) is 1.75. The topological polar surface area (TPSA) is 56.0 Å². The Morgan fingerprint density at radius 2 is 2.00 bits per heavy atom. The summed E-state index contributed by atoms with van der Waals surface area (Å²) in [6, 6.07) is 7.06. The third-order valence-corrected chi connectivity index (χ3v) is 5.40. The average molecular weight is 407 g/mol. The molecule has 4 nitrogen and oxygen atoms in total. The first-order chi connectivity index (χ1) is 11.8. The van der Waals surface area contributed by atoms with Crippen LogP contribution in [0.3, 0.4) is 0 Å². The van der Waals surface area contributed by atoms with Gasteiger partial charge in [0.2, 0.25) is 5.89 Å². The van der Waals surface area contributed by atoms with Gasteiger partial charge in [-0.2, -0.15) is 13.2 Å². The van der Waals surface area contributed by atoms with Crippen molar-refractivity contribution in [2.45, 2.75) is 22.2 Å². The van der Waals surface area contributed by atoms with Gasteiger partial charge in [0.25, 0.3) is 0 Å². The van der Waals surface area contributed by atoms with Crippen LogP contribution in [0.5, 0.6) is 0 Å². The van der Waals surface area contributed by atoms with Crippen LogP contribution in [0.1, 0.15) is 6.92 Å². The Morgan fingerprint density at radius 3 is 2.68 bits per heavy atom. The van der Waals surface area contributed by atoms with Crippen LogP contribution in [0.15, 0.2) is 44.5 Å². The summed E-state index contributed by atoms with van der Waals surface area (Å²) < 4.78 is 55.2. The van der Waals surface area contributed by atoms with Crippen molar-refractivity contribution in [3.8, 4) is 11.6 Å². The monoisotopic (exact) mass is 406 g/mol. The second-order valence-electron chi connectivity index (χ2n) is 4.81. The molecule has 0 spiro atoms. The number of oxazole rings is 1. The largest absolute Gasteiger partial charge is 0.446 e. The average Bonchev–Trinajstić information content (AvgIpc) is 2.95. The number of hydrogen-bond acceptors (Lipinski definition) is 5. The van der Waals surface area contributed by atoms with E-state index in [0.717, 1.165) is 0 Å². The van der Waals surface area contributed by atoms with Crippen LogP contribution in [0.4, 0.5) is 13.2 Å². The molecule has 25 heavy (non-hydrogen) atoms. The van der Waals surface area contributed by atoms with E-state index in [9.17, 15) is 17.4 Å². The third kappa shape index (κ3) is 4.16. The number of benzene rings is 1. The van der Waals surface area contributed by atoms with E-state index >= 15 is 0 Å². The molecule has 3 aromatic rings. The standard InChI is InChI=1S/C15H10ClF3N2O2S2/c1-2-25(22)11-5-6-12(16)21-13(11)14-20-9-7-8(24-15(17,18)19)3-4-10(9)23-14/h3-7H,2H2,1H3. The van der Waals surface area contributed by atoms with Crippen molar-refractivity contribution in [1.82, 2.24) is 9.97 Å². The number of nitrogens with zero attached hydrogens (tertiary/aromatic N) is 2. The molecule has 0 aliphatic rings. The predicted octanol–water partition coefficient (Wildman–Crippen LogP) is 5.28. The highest BCUT2D eigenvalue weighted by Crippen LogP contribution is 2.38. The van der Waals surface area contributed by atoms with E-state index in [1.807, 2.05) is 0 Å². The molecule has 1 aromatic carbocycles. The van der Waals surface area contributed by atoms with E-state index in [2.05, 4.69) is 9.97 Å². The van der Waals surface area contributed by atoms with Crippen LogP contribution in [0, 0.1) is 0 Å². The van der Waals surface area contributed by atoms with Gasteiger partial charge in [-0.3, -0.25) is 4.21 Å². The van der Waals surface area contributed by atoms with Crippen LogP contribution in [0.2, 0.25) is 5.15 Å². The summed E-state index contributed by atoms with van der Waals surface area (Å²) in [4.78, 5) is 8.71. The van der Waals surface area contributed by atoms with E-state index < -0.39 is 16.3 Å². The molecule has 1 unspecified atom stereocenters. The molecule has 0 bridgehead atoms. The van der Waals surface area contributed by atoms with Crippen LogP contribution in [0.25, 0.3) is 22.7 Å². The summed E-state index contributed by atoms with van der Waals surface area (Å²) in [5.74, 6) is 0.423. The first-order valence-electron chi connectivity index (χ1n) is 6.98. The van der Waals surface area contributed by atoms with Gasteiger partial charge in [-0.25, -0.2) is 9.97 Å². The third-order valence-electron chi connectivity index (χ3n) is 3.13. The van der Waals surface area contributed by atoms with Crippen molar-refractivity contribution in [1.29, 1.82) is 0 Å². The molecule has 10 heteroatoms. The zero-order chi connectivity index (χ0) is 18.2. The SMILES string of the molecule is CCS(=O)c1ccc(Cl)nc1-c1nc2cc(SC(F)(F)F)ccc2o1. The number of rotatable bonds is 4. The van der Waals surface area contributed by atoms with Gasteiger partial charge >= 0.3 is 5.51 Å². The first kappa shape index (κ1) is 18.2. The molecule has 0 radical (unpaired) electrons. The fourth-order valence-corrected chi connectivity index (χ4v) is 3.72. The van der Waals surface area contributed by atoms with Crippen LogP contribution in [-0.2, 0) is 10.8 Å². The number of aromatic nitrogens is 2. The number of fused-ring (bicyclic) bond motifs is 1. The predicted molar refractivity (Wildman–Crippen MR) is 91.1 cm³/mol. The van der Waals surface area contributed by atoms with Crippen molar-refractivity contribution in [3.05, 3.63) is 35.5 Å². The van der Waals surface area contributed by atoms with Crippen molar-refractivity contribution >= 4 is 45.3 Å². The summed E-state index contributed by atoms with van der Waals surface area (Å²) in [5, 5.41) is 0.169. The quantitative estimate of drug-likeness (QED) is 0.435. The first-order valence-corrected chi connectivity index (χ1v) is 9.50. The zero-order valence-corrected chi connectivity index (χ0v) is 15.0. The second-order valence-corrected chi connectivity index (χ2v) is 8.05. The minimum atomic E-state index is -4.39. The van der Waals surface area contributed by atoms with Gasteiger partial charge in [-0.1, -0.05) is 18.5 Å². The summed E-state index contributed by atoms with van der Waals surface area (Å²) >= 11 is 5.67. The van der Waals surface area contributed by atoms with Gasteiger partial charge in [-0.15, -0.1) is 0 Å². The lowest BCUT2D eigenvalue weighted by Gasteiger charge is -2.04. The van der Waals surface area contributed by atoms with Crippen molar-refractivity contribution in [2.24, 2.45) is 0 Å². The summed E-state index contributed by atoms with van der Waals surface area (Å²) in [6.07, 6.45) is 0. The molecule has 0 fully saturated rings. The lowest BCUT2D eigenvalue weighted by Crippen LogP contribution is -1.99. The van der Waals surface area contributed by atoms with Crippen LogP contribution < -0.4 is 0 Å². The zero-order valence-electron chi connectivity index (χ0n) is 12.6. The van der Waals surface area contributed by atoms with E-state index in [0.29, 0.717) is 16.2 Å². The van der Waals surface area contributed by atoms with E-state index in [1.165, 1.54) is 24.3 Å². The summed E-state index contributed by atoms with van der Waals surface area (Å²) in [5.41, 5.74) is -3.62. The van der Waals surface area contributed by atoms with Gasteiger partial charge in [0, 0.05) is 10.6 Å². The van der Waals surface area contributed by atoms with E-state index in [-0.39, 0.29) is 38.9 Å². The Bertz CT molecular complexity index is 960. The second kappa shape index (κ2) is 6.97. The van der Waals surface area contributed by atoms with Gasteiger partial charge in [0.1, 0.15) is 16.4 Å². The molecule has 0 amide bonds. The van der Waals surface area contributed by atoms with E-state index in [1.54, 1.807) is 13.0 Å². The number of thioether (sulfide) groups is 1. The van der Waals surface area contributed by atoms with Gasteiger partial charge in [-0.05, 0) is 42.1 Å². The molecule has 3 rings (SSSR count). The highest BCUT2D eigenvalue weighted by molar-refractivity contribution is 8.00. The molecule has 1 atom stereocenters. The normalized spacial score (nSPS) is 13.3. The Kier molecular flexibility index (Phi) is 5.08. The lowest BCUT2D eigenvalue weighted by molar-refractivity contribution is -0.0328. The smallest absolute Gasteiger partial charge is 0.435 e. The number of halogens is 4. The molecule has 0 saturated heterocycles. The van der Waals surface area contributed by atoms with Crippen LogP contribution >= 0.6 is 23.4 Å². The van der Waals surface area contributed by atoms with Gasteiger partial charge < -0.3 is 4.42 Å². The number of alkyl halides is 3. The Balaban J connectivity index is 2.08. The van der Waals surface area contributed by atoms with Crippen molar-refractivity contribution < 1.29 is 21.8 Å². The van der Waals surface area contributed by atoms with Gasteiger partial charge in [0.05, 0.1) is 15.7 Å². The molecular weight excluding hydrogens is 397 g/mol. The van der Waals surface area contributed by atoms with Crippen molar-refractivity contribution in [3.63, 3.8) is 0 Å². The highest BCUT2D eigenvalue weighted by atomic mass is 35.5. The molecule has 132 valence electrons. The Hall–Kier alpha value is -1.58. The van der Waals surface area contributed by atoms with Crippen molar-refractivity contribution in [2.75, 3.05) is 5.75 Å². The molecular formula is C15H10ClF3N2O2S2. The molecule has 0 aliphatic heterocycles. The maximum atomic E-state index is 12.5. The minimum Gasteiger partial charge on any atom is -0.435 e. The maximum Gasteiger partial charge on any atom is 0.446 e. The maximum absolute atomic E-state index is 12.5. The molecule has 0 aliphatic carbocycles. The summed E-state index contributed by atoms with van der Waals surface area (Å²) in [7, 11) is -1.32. The minimum absolute atomic E-state index is 0.00346.